The van der Waals surface area contributed by atoms with Crippen LogP contribution in [-0.4, -0.2) is 36.3 Å². The minimum Gasteiger partial charge on any atom is -0.389 e. The van der Waals surface area contributed by atoms with Gasteiger partial charge in [0, 0.05) is 6.04 Å². The molecule has 0 amide bonds. The zero-order valence-corrected chi connectivity index (χ0v) is 8.07. The van der Waals surface area contributed by atoms with Crippen LogP contribution in [0.25, 0.3) is 0 Å². The Balaban J connectivity index is 0. The van der Waals surface area contributed by atoms with Crippen molar-refractivity contribution in [3.05, 3.63) is 0 Å². The van der Waals surface area contributed by atoms with Crippen LogP contribution in [0.15, 0.2) is 0 Å². The Morgan fingerprint density at radius 2 is 2.09 bits per heavy atom. The van der Waals surface area contributed by atoms with Crippen molar-refractivity contribution in [3.8, 4) is 0 Å². The van der Waals surface area contributed by atoms with E-state index in [0.717, 1.165) is 0 Å². The Hall–Kier alpha value is 0.460. The summed E-state index contributed by atoms with van der Waals surface area (Å²) in [5.41, 5.74) is 5.38. The summed E-state index contributed by atoms with van der Waals surface area (Å²) in [6, 6.07) is 0.0162. The van der Waals surface area contributed by atoms with Crippen LogP contribution in [0.1, 0.15) is 6.92 Å². The summed E-state index contributed by atoms with van der Waals surface area (Å²) in [6.07, 6.45) is -0.569. The third kappa shape index (κ3) is 10.5. The second kappa shape index (κ2) is 8.56. The van der Waals surface area contributed by atoms with Gasteiger partial charge in [-0.05, 0) is 6.92 Å². The van der Waals surface area contributed by atoms with Gasteiger partial charge in [-0.3, -0.25) is 0 Å². The zero-order valence-electron chi connectivity index (χ0n) is 6.50. The molecule has 2 atom stereocenters. The van der Waals surface area contributed by atoms with Crippen molar-refractivity contribution in [1.82, 2.24) is 0 Å². The topological polar surface area (TPSA) is 55.5 Å². The molecule has 11 heavy (non-hydrogen) atoms. The molecule has 0 rings (SSSR count). The fourth-order valence-electron chi connectivity index (χ4n) is 0.435. The molecule has 0 fully saturated rings. The molecule has 0 heterocycles. The summed E-state index contributed by atoms with van der Waals surface area (Å²) in [7, 11) is 0. The first kappa shape index (κ1) is 14.0. The second-order valence-corrected chi connectivity index (χ2v) is 2.63. The van der Waals surface area contributed by atoms with Gasteiger partial charge in [-0.15, -0.1) is 24.0 Å². The molecular formula is C6H15Cl2NO2. The van der Waals surface area contributed by atoms with Crippen LogP contribution in [0.5, 0.6) is 0 Å². The van der Waals surface area contributed by atoms with E-state index in [1.165, 1.54) is 0 Å². The van der Waals surface area contributed by atoms with Crippen LogP contribution in [0.4, 0.5) is 0 Å². The molecule has 0 aliphatic rings. The molecule has 0 spiro atoms. The van der Waals surface area contributed by atoms with E-state index >= 15 is 0 Å². The zero-order chi connectivity index (χ0) is 7.98. The number of hydrogen-bond donors (Lipinski definition) is 2. The number of halogens is 2. The Kier molecular flexibility index (Phi) is 10.9. The standard InChI is InChI=1S/C6H14ClNO2.ClH/c1-5(8)3-10-4-6(9)2-7;/h5-6,9H,2-4,8H2,1H3;1H/t5-,6?;/m1./s1. The summed E-state index contributed by atoms with van der Waals surface area (Å²) in [6.45, 7) is 2.58. The number of hydrogen-bond acceptors (Lipinski definition) is 3. The van der Waals surface area contributed by atoms with Gasteiger partial charge in [-0.1, -0.05) is 0 Å². The monoisotopic (exact) mass is 203 g/mol. The largest absolute Gasteiger partial charge is 0.389 e. The van der Waals surface area contributed by atoms with Crippen LogP contribution in [0.2, 0.25) is 0 Å². The van der Waals surface area contributed by atoms with Crippen molar-refractivity contribution in [2.24, 2.45) is 5.73 Å². The van der Waals surface area contributed by atoms with Gasteiger partial charge in [-0.25, -0.2) is 0 Å². The quantitative estimate of drug-likeness (QED) is 0.636. The SMILES string of the molecule is C[C@@H](N)COCC(O)CCl.Cl. The molecule has 0 aromatic rings. The maximum Gasteiger partial charge on any atom is 0.0908 e. The van der Waals surface area contributed by atoms with E-state index < -0.39 is 6.10 Å². The molecule has 0 aliphatic carbocycles. The molecule has 0 aromatic carbocycles. The lowest BCUT2D eigenvalue weighted by atomic mass is 10.4. The second-order valence-electron chi connectivity index (χ2n) is 2.32. The Morgan fingerprint density at radius 3 is 2.45 bits per heavy atom. The Morgan fingerprint density at radius 1 is 1.55 bits per heavy atom. The summed E-state index contributed by atoms with van der Waals surface area (Å²) >= 11 is 5.31. The predicted molar refractivity (Wildman–Crippen MR) is 48.4 cm³/mol. The lowest BCUT2D eigenvalue weighted by Crippen LogP contribution is -2.25. The molecule has 0 aliphatic heterocycles. The van der Waals surface area contributed by atoms with Gasteiger partial charge >= 0.3 is 0 Å². The molecule has 3 N–H and O–H groups in total. The van der Waals surface area contributed by atoms with Crippen LogP contribution in [-0.2, 0) is 4.74 Å². The normalized spacial score (nSPS) is 15.3. The average Bonchev–Trinajstić information content (AvgIpc) is 1.87. The molecule has 1 unspecified atom stereocenters. The van der Waals surface area contributed by atoms with Crippen molar-refractivity contribution < 1.29 is 9.84 Å². The first-order chi connectivity index (χ1) is 4.66. The van der Waals surface area contributed by atoms with E-state index in [1.54, 1.807) is 0 Å². The van der Waals surface area contributed by atoms with Gasteiger partial charge in [0.05, 0.1) is 25.2 Å². The van der Waals surface area contributed by atoms with E-state index in [0.29, 0.717) is 6.61 Å². The maximum atomic E-state index is 8.87. The number of aliphatic hydroxyl groups excluding tert-OH is 1. The van der Waals surface area contributed by atoms with Gasteiger partial charge in [0.2, 0.25) is 0 Å². The Bertz CT molecular complexity index is 83.0. The third-order valence-corrected chi connectivity index (χ3v) is 1.23. The summed E-state index contributed by atoms with van der Waals surface area (Å²) in [5, 5.41) is 8.87. The highest BCUT2D eigenvalue weighted by Crippen LogP contribution is 1.89. The van der Waals surface area contributed by atoms with Gasteiger partial charge < -0.3 is 15.6 Å². The van der Waals surface area contributed by atoms with Crippen LogP contribution in [0.3, 0.4) is 0 Å². The van der Waals surface area contributed by atoms with Crippen LogP contribution >= 0.6 is 24.0 Å². The smallest absolute Gasteiger partial charge is 0.0908 e. The van der Waals surface area contributed by atoms with Crippen molar-refractivity contribution >= 4 is 24.0 Å². The van der Waals surface area contributed by atoms with Gasteiger partial charge in [0.15, 0.2) is 0 Å². The molecule has 3 nitrogen and oxygen atoms in total. The summed E-state index contributed by atoms with van der Waals surface area (Å²) in [5.74, 6) is 0.207. The highest BCUT2D eigenvalue weighted by atomic mass is 35.5. The highest BCUT2D eigenvalue weighted by molar-refractivity contribution is 6.18. The molecule has 0 saturated carbocycles. The number of rotatable bonds is 5. The van der Waals surface area contributed by atoms with Crippen LogP contribution < -0.4 is 5.73 Å². The molecule has 0 radical (unpaired) electrons. The Labute approximate surface area is 78.3 Å². The predicted octanol–water partition coefficient (Wildman–Crippen LogP) is 0.372. The fourth-order valence-corrected chi connectivity index (χ4v) is 0.524. The molecule has 0 aromatic heterocycles. The van der Waals surface area contributed by atoms with Crippen molar-refractivity contribution in [2.45, 2.75) is 19.1 Å². The number of ether oxygens (including phenoxy) is 1. The fraction of sp³-hybridized carbons (Fsp3) is 1.00. The van der Waals surface area contributed by atoms with Crippen molar-refractivity contribution in [3.63, 3.8) is 0 Å². The van der Waals surface area contributed by atoms with E-state index in [1.807, 2.05) is 6.92 Å². The average molecular weight is 204 g/mol. The lowest BCUT2D eigenvalue weighted by Gasteiger charge is -2.09. The number of nitrogens with two attached hydrogens (primary N) is 1. The maximum absolute atomic E-state index is 8.87. The number of alkyl halides is 1. The lowest BCUT2D eigenvalue weighted by molar-refractivity contribution is 0.0435. The minimum absolute atomic E-state index is 0. The van der Waals surface area contributed by atoms with Gasteiger partial charge in [0.25, 0.3) is 0 Å². The minimum atomic E-state index is -0.569. The third-order valence-electron chi connectivity index (χ3n) is 0.869. The van der Waals surface area contributed by atoms with Crippen molar-refractivity contribution in [1.29, 1.82) is 0 Å². The van der Waals surface area contributed by atoms with Crippen molar-refractivity contribution in [2.75, 3.05) is 19.1 Å². The van der Waals surface area contributed by atoms with E-state index in [2.05, 4.69) is 0 Å². The van der Waals surface area contributed by atoms with E-state index in [-0.39, 0.29) is 30.9 Å². The van der Waals surface area contributed by atoms with E-state index in [9.17, 15) is 0 Å². The first-order valence-electron chi connectivity index (χ1n) is 3.24. The molecule has 0 saturated heterocycles. The van der Waals surface area contributed by atoms with Gasteiger partial charge in [0.1, 0.15) is 0 Å². The first-order valence-corrected chi connectivity index (χ1v) is 3.77. The molecular weight excluding hydrogens is 189 g/mol. The summed E-state index contributed by atoms with van der Waals surface area (Å²) in [4.78, 5) is 0. The van der Waals surface area contributed by atoms with Crippen LogP contribution in [0, 0.1) is 0 Å². The number of aliphatic hydroxyl groups is 1. The summed E-state index contributed by atoms with van der Waals surface area (Å²) < 4.78 is 4.99. The van der Waals surface area contributed by atoms with Gasteiger partial charge in [-0.2, -0.15) is 0 Å². The highest BCUT2D eigenvalue weighted by Gasteiger charge is 2.01. The molecule has 0 bridgehead atoms. The molecule has 5 heteroatoms. The molecule has 70 valence electrons. The van der Waals surface area contributed by atoms with E-state index in [4.69, 9.17) is 27.2 Å².